The Kier molecular flexibility index (Phi) is 4.90. The predicted molar refractivity (Wildman–Crippen MR) is 104 cm³/mol. The standard InChI is InChI=1S/C22H21NO2S/c24-21-16-5-2-6-17(21)14-18(13-16)22(25)23-19-7-1-4-15(12-19)9-10-20-8-3-11-26-20/h1,3-4,7-8,11-12,16-18H,2,5-6,13-14H2,(H,23,25). The zero-order valence-corrected chi connectivity index (χ0v) is 15.4. The summed E-state index contributed by atoms with van der Waals surface area (Å²) in [5, 5.41) is 5.04. The second kappa shape index (κ2) is 7.47. The summed E-state index contributed by atoms with van der Waals surface area (Å²) in [4.78, 5) is 25.9. The van der Waals surface area contributed by atoms with Crippen molar-refractivity contribution in [2.24, 2.45) is 17.8 Å². The summed E-state index contributed by atoms with van der Waals surface area (Å²) >= 11 is 1.61. The van der Waals surface area contributed by atoms with Gasteiger partial charge in [-0.3, -0.25) is 9.59 Å². The van der Waals surface area contributed by atoms with Crippen molar-refractivity contribution in [1.82, 2.24) is 0 Å². The van der Waals surface area contributed by atoms with Crippen molar-refractivity contribution in [2.45, 2.75) is 32.1 Å². The van der Waals surface area contributed by atoms with Crippen LogP contribution in [0, 0.1) is 29.6 Å². The predicted octanol–water partition coefficient (Wildman–Crippen LogP) is 4.48. The van der Waals surface area contributed by atoms with Crippen LogP contribution in [0.25, 0.3) is 0 Å². The van der Waals surface area contributed by atoms with E-state index in [1.807, 2.05) is 41.8 Å². The Hall–Kier alpha value is -2.38. The van der Waals surface area contributed by atoms with E-state index in [0.717, 1.165) is 35.4 Å². The Labute approximate surface area is 157 Å². The molecule has 1 heterocycles. The van der Waals surface area contributed by atoms with Gasteiger partial charge in [0.2, 0.25) is 5.91 Å². The molecule has 26 heavy (non-hydrogen) atoms. The maximum absolute atomic E-state index is 12.7. The first-order valence-electron chi connectivity index (χ1n) is 9.19. The van der Waals surface area contributed by atoms with Gasteiger partial charge in [0, 0.05) is 29.0 Å². The van der Waals surface area contributed by atoms with E-state index in [9.17, 15) is 9.59 Å². The summed E-state index contributed by atoms with van der Waals surface area (Å²) in [7, 11) is 0. The monoisotopic (exact) mass is 363 g/mol. The number of carbonyl (C=O) groups is 2. The van der Waals surface area contributed by atoms with E-state index in [1.54, 1.807) is 11.3 Å². The molecule has 0 saturated heterocycles. The van der Waals surface area contributed by atoms with Crippen molar-refractivity contribution >= 4 is 28.7 Å². The van der Waals surface area contributed by atoms with E-state index in [-0.39, 0.29) is 23.7 Å². The number of Topliss-reactive ketones (excluding diaryl/α,β-unsaturated/α-hetero) is 1. The van der Waals surface area contributed by atoms with Gasteiger partial charge in [-0.2, -0.15) is 0 Å². The Morgan fingerprint density at radius 1 is 1.08 bits per heavy atom. The largest absolute Gasteiger partial charge is 0.326 e. The summed E-state index contributed by atoms with van der Waals surface area (Å²) in [6.45, 7) is 0. The molecule has 2 saturated carbocycles. The van der Waals surface area contributed by atoms with Crippen molar-refractivity contribution in [2.75, 3.05) is 5.32 Å². The number of hydrogen-bond donors (Lipinski definition) is 1. The average molecular weight is 363 g/mol. The van der Waals surface area contributed by atoms with Crippen LogP contribution in [0.5, 0.6) is 0 Å². The van der Waals surface area contributed by atoms with E-state index < -0.39 is 0 Å². The number of anilines is 1. The number of fused-ring (bicyclic) bond motifs is 2. The van der Waals surface area contributed by atoms with Crippen LogP contribution in [0.3, 0.4) is 0 Å². The molecule has 3 nitrogen and oxygen atoms in total. The van der Waals surface area contributed by atoms with Crippen LogP contribution in [-0.4, -0.2) is 11.7 Å². The molecular weight excluding hydrogens is 342 g/mol. The van der Waals surface area contributed by atoms with Crippen LogP contribution >= 0.6 is 11.3 Å². The van der Waals surface area contributed by atoms with Crippen LogP contribution < -0.4 is 5.32 Å². The number of nitrogens with one attached hydrogen (secondary N) is 1. The van der Waals surface area contributed by atoms with Gasteiger partial charge in [-0.25, -0.2) is 0 Å². The zero-order chi connectivity index (χ0) is 17.9. The fourth-order valence-electron chi connectivity index (χ4n) is 4.10. The van der Waals surface area contributed by atoms with E-state index in [0.29, 0.717) is 18.6 Å². The third-order valence-corrected chi connectivity index (χ3v) is 6.19. The molecule has 0 radical (unpaired) electrons. The lowest BCUT2D eigenvalue weighted by Crippen LogP contribution is -2.40. The van der Waals surface area contributed by atoms with Crippen molar-refractivity contribution in [3.63, 3.8) is 0 Å². The van der Waals surface area contributed by atoms with Gasteiger partial charge >= 0.3 is 0 Å². The highest BCUT2D eigenvalue weighted by molar-refractivity contribution is 7.10. The molecule has 2 aliphatic rings. The van der Waals surface area contributed by atoms with E-state index >= 15 is 0 Å². The first-order valence-corrected chi connectivity index (χ1v) is 10.1. The van der Waals surface area contributed by atoms with Crippen molar-refractivity contribution < 1.29 is 9.59 Å². The third-order valence-electron chi connectivity index (χ3n) is 5.40. The smallest absolute Gasteiger partial charge is 0.227 e. The number of thiophene rings is 1. The van der Waals surface area contributed by atoms with E-state index in [4.69, 9.17) is 0 Å². The highest BCUT2D eigenvalue weighted by Crippen LogP contribution is 2.40. The first kappa shape index (κ1) is 17.1. The third kappa shape index (κ3) is 3.73. The van der Waals surface area contributed by atoms with Crippen LogP contribution in [0.2, 0.25) is 0 Å². The molecule has 2 unspecified atom stereocenters. The van der Waals surface area contributed by atoms with Crippen molar-refractivity contribution in [3.05, 3.63) is 52.2 Å². The van der Waals surface area contributed by atoms with Crippen LogP contribution in [0.1, 0.15) is 42.5 Å². The topological polar surface area (TPSA) is 46.2 Å². The Bertz CT molecular complexity index is 859. The number of hydrogen-bond acceptors (Lipinski definition) is 3. The van der Waals surface area contributed by atoms with E-state index in [1.165, 1.54) is 0 Å². The maximum Gasteiger partial charge on any atom is 0.227 e. The van der Waals surface area contributed by atoms with Gasteiger partial charge in [0.05, 0.1) is 4.88 Å². The SMILES string of the molecule is O=C(Nc1cccc(C#Cc2cccs2)c1)C1CC2CCCC(C1)C2=O. The molecule has 1 amide bonds. The lowest BCUT2D eigenvalue weighted by Gasteiger charge is -2.36. The number of ketones is 1. The van der Waals surface area contributed by atoms with Gasteiger partial charge in [0.1, 0.15) is 5.78 Å². The Morgan fingerprint density at radius 2 is 1.88 bits per heavy atom. The molecule has 2 aromatic rings. The molecule has 1 aromatic heterocycles. The normalized spacial score (nSPS) is 24.5. The van der Waals surface area contributed by atoms with Crippen molar-refractivity contribution in [1.29, 1.82) is 0 Å². The molecule has 1 aromatic carbocycles. The summed E-state index contributed by atoms with van der Waals surface area (Å²) in [5.41, 5.74) is 1.65. The maximum atomic E-state index is 12.7. The Balaban J connectivity index is 1.43. The summed E-state index contributed by atoms with van der Waals surface area (Å²) in [5.74, 6) is 6.86. The lowest BCUT2D eigenvalue weighted by molar-refractivity contribution is -0.136. The number of rotatable bonds is 2. The van der Waals surface area contributed by atoms with Crippen molar-refractivity contribution in [3.8, 4) is 11.8 Å². The van der Waals surface area contributed by atoms with Gasteiger partial charge in [-0.1, -0.05) is 30.4 Å². The molecular formula is C22H21NO2S. The molecule has 0 spiro atoms. The second-order valence-electron chi connectivity index (χ2n) is 7.19. The quantitative estimate of drug-likeness (QED) is 0.800. The minimum Gasteiger partial charge on any atom is -0.326 e. The molecule has 2 aliphatic carbocycles. The zero-order valence-electron chi connectivity index (χ0n) is 14.5. The average Bonchev–Trinajstić information content (AvgIpc) is 3.13. The van der Waals surface area contributed by atoms with Gasteiger partial charge in [-0.05, 0) is 55.3 Å². The highest BCUT2D eigenvalue weighted by Gasteiger charge is 2.41. The molecule has 2 atom stereocenters. The minimum absolute atomic E-state index is 0.0396. The second-order valence-corrected chi connectivity index (χ2v) is 8.14. The molecule has 2 bridgehead atoms. The fraction of sp³-hybridized carbons (Fsp3) is 0.364. The van der Waals surface area contributed by atoms with Gasteiger partial charge in [-0.15, -0.1) is 11.3 Å². The first-order chi connectivity index (χ1) is 12.7. The fourth-order valence-corrected chi connectivity index (χ4v) is 4.67. The van der Waals surface area contributed by atoms with Gasteiger partial charge in [0.15, 0.2) is 0 Å². The van der Waals surface area contributed by atoms with Gasteiger partial charge < -0.3 is 5.32 Å². The summed E-state index contributed by atoms with van der Waals surface area (Å²) in [6, 6.07) is 11.6. The Morgan fingerprint density at radius 3 is 2.62 bits per heavy atom. The molecule has 132 valence electrons. The molecule has 0 aliphatic heterocycles. The highest BCUT2D eigenvalue weighted by atomic mass is 32.1. The molecule has 4 rings (SSSR count). The molecule has 1 N–H and O–H groups in total. The molecule has 2 fully saturated rings. The summed E-state index contributed by atoms with van der Waals surface area (Å²) in [6.07, 6.45) is 4.44. The number of amides is 1. The minimum atomic E-state index is -0.0520. The lowest BCUT2D eigenvalue weighted by atomic mass is 9.67. The summed E-state index contributed by atoms with van der Waals surface area (Å²) < 4.78 is 0. The van der Waals surface area contributed by atoms with Crippen LogP contribution in [0.15, 0.2) is 41.8 Å². The van der Waals surface area contributed by atoms with Crippen LogP contribution in [0.4, 0.5) is 5.69 Å². The van der Waals surface area contributed by atoms with Crippen LogP contribution in [-0.2, 0) is 9.59 Å². The van der Waals surface area contributed by atoms with E-state index in [2.05, 4.69) is 17.2 Å². The molecule has 4 heteroatoms. The number of carbonyl (C=O) groups excluding carboxylic acids is 2. The number of benzene rings is 1. The van der Waals surface area contributed by atoms with Gasteiger partial charge in [0.25, 0.3) is 0 Å².